The largest absolute Gasteiger partial charge is 0.394 e. The van der Waals surface area contributed by atoms with Gasteiger partial charge in [-0.15, -0.1) is 0 Å². The van der Waals surface area contributed by atoms with E-state index >= 15 is 0 Å². The van der Waals surface area contributed by atoms with Crippen molar-refractivity contribution >= 4 is 51.6 Å². The van der Waals surface area contributed by atoms with E-state index in [4.69, 9.17) is 17.3 Å². The van der Waals surface area contributed by atoms with Crippen LogP contribution in [0.2, 0.25) is 5.02 Å². The van der Waals surface area contributed by atoms with E-state index in [1.807, 2.05) is 6.07 Å². The molecule has 92 valence electrons. The van der Waals surface area contributed by atoms with Gasteiger partial charge in [0.1, 0.15) is 11.0 Å². The highest BCUT2D eigenvalue weighted by molar-refractivity contribution is 7.00. The number of aromatic nitrogens is 4. The average Bonchev–Trinajstić information content (AvgIpc) is 2.90. The molecular weight excluding hydrogens is 272 g/mol. The number of hydrogen-bond acceptors (Lipinski definition) is 6. The lowest BCUT2D eigenvalue weighted by molar-refractivity contribution is 0.771. The third-order valence-corrected chi connectivity index (χ3v) is 3.34. The summed E-state index contributed by atoms with van der Waals surface area (Å²) in [7, 11) is 1.80. The number of hydrogen-bond donors (Lipinski definition) is 2. The lowest BCUT2D eigenvalue weighted by Gasteiger charge is -2.06. The molecule has 1 aromatic carbocycles. The van der Waals surface area contributed by atoms with Gasteiger partial charge in [0, 0.05) is 13.2 Å². The van der Waals surface area contributed by atoms with Crippen molar-refractivity contribution in [1.82, 2.24) is 18.5 Å². The van der Waals surface area contributed by atoms with Crippen LogP contribution in [0.5, 0.6) is 0 Å². The smallest absolute Gasteiger partial charge is 0.175 e. The number of aryl methyl sites for hydroxylation is 1. The fraction of sp³-hybridized carbons (Fsp3) is 0.100. The standard InChI is InChI=1S/C10H9ClN6S/c1-17-4-6(12)10(14-17)13-8-5(11)2-3-7-9(8)16-18-15-7/h2-4H,12H2,1H3,(H,13,14). The molecule has 0 aliphatic heterocycles. The molecule has 0 amide bonds. The molecule has 0 atom stereocenters. The number of nitrogens with two attached hydrogens (primary N) is 1. The molecule has 3 aromatic rings. The van der Waals surface area contributed by atoms with Crippen LogP contribution in [-0.2, 0) is 7.05 Å². The molecule has 0 aliphatic rings. The number of nitrogen functional groups attached to an aromatic ring is 1. The van der Waals surface area contributed by atoms with Crippen LogP contribution in [0.25, 0.3) is 11.0 Å². The number of halogens is 1. The zero-order valence-electron chi connectivity index (χ0n) is 9.38. The van der Waals surface area contributed by atoms with Crippen LogP contribution in [0.15, 0.2) is 18.3 Å². The Labute approximate surface area is 112 Å². The van der Waals surface area contributed by atoms with Gasteiger partial charge in [-0.05, 0) is 12.1 Å². The van der Waals surface area contributed by atoms with E-state index in [1.54, 1.807) is 24.0 Å². The second kappa shape index (κ2) is 4.11. The fourth-order valence-electron chi connectivity index (χ4n) is 1.67. The zero-order chi connectivity index (χ0) is 12.7. The minimum atomic E-state index is 0.550. The Morgan fingerprint density at radius 3 is 2.94 bits per heavy atom. The first-order valence-electron chi connectivity index (χ1n) is 5.12. The minimum Gasteiger partial charge on any atom is -0.394 e. The van der Waals surface area contributed by atoms with Crippen molar-refractivity contribution in [2.24, 2.45) is 7.05 Å². The molecule has 3 N–H and O–H groups in total. The Bertz CT molecular complexity index is 718. The maximum absolute atomic E-state index is 6.17. The Balaban J connectivity index is 2.11. The summed E-state index contributed by atoms with van der Waals surface area (Å²) >= 11 is 7.31. The normalized spacial score (nSPS) is 11.0. The second-order valence-electron chi connectivity index (χ2n) is 3.79. The summed E-state index contributed by atoms with van der Waals surface area (Å²) in [5.41, 5.74) is 8.57. The summed E-state index contributed by atoms with van der Waals surface area (Å²) < 4.78 is 10.0. The number of rotatable bonds is 2. The first-order chi connectivity index (χ1) is 8.65. The minimum absolute atomic E-state index is 0.550. The fourth-order valence-corrected chi connectivity index (χ4v) is 2.41. The van der Waals surface area contributed by atoms with Gasteiger partial charge >= 0.3 is 0 Å². The lowest BCUT2D eigenvalue weighted by Crippen LogP contribution is -1.97. The molecule has 0 aliphatic carbocycles. The Morgan fingerprint density at radius 1 is 1.39 bits per heavy atom. The Hall–Kier alpha value is -1.86. The Kier molecular flexibility index (Phi) is 2.57. The summed E-state index contributed by atoms with van der Waals surface area (Å²) in [6.07, 6.45) is 1.72. The van der Waals surface area contributed by atoms with Crippen LogP contribution in [0.4, 0.5) is 17.2 Å². The molecule has 0 saturated heterocycles. The molecule has 0 saturated carbocycles. The SMILES string of the molecule is Cn1cc(N)c(Nc2c(Cl)ccc3nsnc23)n1. The van der Waals surface area contributed by atoms with E-state index in [-0.39, 0.29) is 0 Å². The first kappa shape index (κ1) is 11.2. The van der Waals surface area contributed by atoms with Crippen molar-refractivity contribution in [3.63, 3.8) is 0 Å². The number of anilines is 3. The monoisotopic (exact) mass is 280 g/mol. The van der Waals surface area contributed by atoms with Crippen LogP contribution >= 0.6 is 23.3 Å². The van der Waals surface area contributed by atoms with Gasteiger partial charge in [-0.3, -0.25) is 4.68 Å². The van der Waals surface area contributed by atoms with Crippen molar-refractivity contribution in [3.8, 4) is 0 Å². The highest BCUT2D eigenvalue weighted by Gasteiger charge is 2.13. The second-order valence-corrected chi connectivity index (χ2v) is 4.72. The van der Waals surface area contributed by atoms with Crippen molar-refractivity contribution in [1.29, 1.82) is 0 Å². The summed E-state index contributed by atoms with van der Waals surface area (Å²) in [6.45, 7) is 0. The van der Waals surface area contributed by atoms with Crippen LogP contribution in [0.3, 0.4) is 0 Å². The van der Waals surface area contributed by atoms with Crippen molar-refractivity contribution < 1.29 is 0 Å². The topological polar surface area (TPSA) is 81.6 Å². The maximum atomic E-state index is 6.17. The number of benzene rings is 1. The van der Waals surface area contributed by atoms with Gasteiger partial charge in [-0.2, -0.15) is 13.8 Å². The molecule has 3 rings (SSSR count). The van der Waals surface area contributed by atoms with Crippen LogP contribution in [-0.4, -0.2) is 18.5 Å². The van der Waals surface area contributed by atoms with Gasteiger partial charge in [0.05, 0.1) is 28.1 Å². The quantitative estimate of drug-likeness (QED) is 0.753. The number of nitrogens with zero attached hydrogens (tertiary/aromatic N) is 4. The van der Waals surface area contributed by atoms with E-state index in [0.717, 1.165) is 22.8 Å². The third kappa shape index (κ3) is 1.77. The predicted molar refractivity (Wildman–Crippen MR) is 73.3 cm³/mol. The van der Waals surface area contributed by atoms with Crippen LogP contribution < -0.4 is 11.1 Å². The molecule has 0 spiro atoms. The van der Waals surface area contributed by atoms with Gasteiger partial charge in [-0.1, -0.05) is 11.6 Å². The van der Waals surface area contributed by atoms with Gasteiger partial charge in [0.25, 0.3) is 0 Å². The van der Waals surface area contributed by atoms with E-state index < -0.39 is 0 Å². The summed E-state index contributed by atoms with van der Waals surface area (Å²) in [6, 6.07) is 3.60. The van der Waals surface area contributed by atoms with Crippen molar-refractivity contribution in [2.45, 2.75) is 0 Å². The molecule has 6 nitrogen and oxygen atoms in total. The number of fused-ring (bicyclic) bond motifs is 1. The van der Waals surface area contributed by atoms with E-state index in [2.05, 4.69) is 19.2 Å². The highest BCUT2D eigenvalue weighted by Crippen LogP contribution is 2.33. The van der Waals surface area contributed by atoms with E-state index in [1.165, 1.54) is 0 Å². The van der Waals surface area contributed by atoms with Gasteiger partial charge in [-0.25, -0.2) is 0 Å². The summed E-state index contributed by atoms with van der Waals surface area (Å²) in [5, 5.41) is 7.88. The molecule has 18 heavy (non-hydrogen) atoms. The van der Waals surface area contributed by atoms with Gasteiger partial charge in [0.2, 0.25) is 0 Å². The van der Waals surface area contributed by atoms with Crippen molar-refractivity contribution in [3.05, 3.63) is 23.4 Å². The Morgan fingerprint density at radius 2 is 2.22 bits per heavy atom. The maximum Gasteiger partial charge on any atom is 0.175 e. The van der Waals surface area contributed by atoms with Crippen LogP contribution in [0, 0.1) is 0 Å². The molecule has 2 aromatic heterocycles. The third-order valence-electron chi connectivity index (χ3n) is 2.48. The van der Waals surface area contributed by atoms with Crippen LogP contribution in [0.1, 0.15) is 0 Å². The zero-order valence-corrected chi connectivity index (χ0v) is 11.0. The summed E-state index contributed by atoms with van der Waals surface area (Å²) in [5.74, 6) is 0.555. The highest BCUT2D eigenvalue weighted by atomic mass is 35.5. The molecule has 0 bridgehead atoms. The molecule has 8 heteroatoms. The van der Waals surface area contributed by atoms with Gasteiger partial charge < -0.3 is 11.1 Å². The molecule has 0 radical (unpaired) electrons. The summed E-state index contributed by atoms with van der Waals surface area (Å²) in [4.78, 5) is 0. The van der Waals surface area contributed by atoms with Gasteiger partial charge in [0.15, 0.2) is 5.82 Å². The molecular formula is C10H9ClN6S. The predicted octanol–water partition coefficient (Wildman–Crippen LogP) is 2.40. The van der Waals surface area contributed by atoms with E-state index in [0.29, 0.717) is 22.2 Å². The molecule has 0 unspecified atom stereocenters. The number of nitrogens with one attached hydrogen (secondary N) is 1. The first-order valence-corrected chi connectivity index (χ1v) is 6.23. The van der Waals surface area contributed by atoms with E-state index in [9.17, 15) is 0 Å². The molecule has 2 heterocycles. The lowest BCUT2D eigenvalue weighted by atomic mass is 10.2. The van der Waals surface area contributed by atoms with Crippen molar-refractivity contribution in [2.75, 3.05) is 11.1 Å². The average molecular weight is 281 g/mol. The molecule has 0 fully saturated rings.